The molecule has 1 fully saturated rings. The number of pyridine rings is 1. The maximum absolute atomic E-state index is 12.7. The zero-order valence-electron chi connectivity index (χ0n) is 19.4. The summed E-state index contributed by atoms with van der Waals surface area (Å²) in [5, 5.41) is 3.31. The van der Waals surface area contributed by atoms with Gasteiger partial charge in [-0.3, -0.25) is 14.7 Å². The van der Waals surface area contributed by atoms with Gasteiger partial charge in [0.25, 0.3) is 0 Å². The molecule has 4 rings (SSSR count). The summed E-state index contributed by atoms with van der Waals surface area (Å²) >= 11 is 0. The number of likely N-dealkylation sites (tertiary alicyclic amines) is 1. The number of carbonyl (C=O) groups excluding carboxylic acids is 1. The molecule has 172 valence electrons. The molecular weight excluding hydrogens is 402 g/mol. The van der Waals surface area contributed by atoms with Crippen molar-refractivity contribution in [3.8, 4) is 0 Å². The Bertz CT molecular complexity index is 894. The fourth-order valence-electron chi connectivity index (χ4n) is 5.23. The largest absolute Gasteiger partial charge is 0.382 e. The number of ether oxygens (including phenoxy) is 2. The minimum Gasteiger partial charge on any atom is -0.382 e. The van der Waals surface area contributed by atoms with E-state index in [0.717, 1.165) is 38.2 Å². The van der Waals surface area contributed by atoms with Crippen LogP contribution in [0, 0.1) is 5.92 Å². The van der Waals surface area contributed by atoms with Crippen molar-refractivity contribution in [1.29, 1.82) is 0 Å². The highest BCUT2D eigenvalue weighted by atomic mass is 16.5. The highest BCUT2D eigenvalue weighted by molar-refractivity contribution is 5.78. The van der Waals surface area contributed by atoms with Gasteiger partial charge in [-0.2, -0.15) is 0 Å². The topological polar surface area (TPSA) is 63.7 Å². The molecule has 2 aliphatic rings. The second-order valence-electron chi connectivity index (χ2n) is 9.27. The van der Waals surface area contributed by atoms with Crippen LogP contribution in [0.5, 0.6) is 0 Å². The number of nitrogens with zero attached hydrogens (tertiary/aromatic N) is 2. The monoisotopic (exact) mass is 437 g/mol. The third kappa shape index (κ3) is 4.58. The van der Waals surface area contributed by atoms with Crippen LogP contribution in [-0.2, 0) is 26.2 Å². The second-order valence-corrected chi connectivity index (χ2v) is 9.27. The summed E-state index contributed by atoms with van der Waals surface area (Å²) in [5.74, 6) is -0.00617. The molecule has 2 heterocycles. The van der Waals surface area contributed by atoms with Gasteiger partial charge in [-0.1, -0.05) is 44.2 Å². The van der Waals surface area contributed by atoms with E-state index in [9.17, 15) is 4.79 Å². The van der Waals surface area contributed by atoms with Crippen molar-refractivity contribution in [3.63, 3.8) is 0 Å². The minimum atomic E-state index is -0.139. The minimum absolute atomic E-state index is 0.0646. The lowest BCUT2D eigenvalue weighted by molar-refractivity contribution is -0.127. The Hall–Kier alpha value is -2.28. The molecule has 1 saturated heterocycles. The van der Waals surface area contributed by atoms with Crippen molar-refractivity contribution in [2.75, 3.05) is 33.4 Å². The number of aromatic nitrogens is 1. The number of piperidine rings is 1. The zero-order valence-corrected chi connectivity index (χ0v) is 19.4. The highest BCUT2D eigenvalue weighted by Gasteiger charge is 2.54. The van der Waals surface area contributed by atoms with E-state index in [-0.39, 0.29) is 29.4 Å². The lowest BCUT2D eigenvalue weighted by Gasteiger charge is -2.44. The molecule has 6 nitrogen and oxygen atoms in total. The Kier molecular flexibility index (Phi) is 7.23. The molecule has 1 N–H and O–H groups in total. The first-order valence-electron chi connectivity index (χ1n) is 11.7. The molecule has 2 atom stereocenters. The van der Waals surface area contributed by atoms with E-state index in [4.69, 9.17) is 9.47 Å². The Balaban J connectivity index is 1.59. The van der Waals surface area contributed by atoms with Crippen LogP contribution >= 0.6 is 0 Å². The van der Waals surface area contributed by atoms with Crippen LogP contribution in [0.15, 0.2) is 48.7 Å². The summed E-state index contributed by atoms with van der Waals surface area (Å²) < 4.78 is 11.8. The predicted octanol–water partition coefficient (Wildman–Crippen LogP) is 3.47. The third-order valence-electron chi connectivity index (χ3n) is 6.95. The first kappa shape index (κ1) is 22.9. The van der Waals surface area contributed by atoms with Crippen LogP contribution in [-0.4, -0.2) is 55.3 Å². The summed E-state index contributed by atoms with van der Waals surface area (Å²) in [6, 6.07) is 14.5. The fraction of sp³-hybridized carbons (Fsp3) is 0.538. The summed E-state index contributed by atoms with van der Waals surface area (Å²) in [4.78, 5) is 19.7. The van der Waals surface area contributed by atoms with Crippen LogP contribution in [0.2, 0.25) is 0 Å². The average Bonchev–Trinajstić information content (AvgIpc) is 3.05. The number of benzene rings is 1. The summed E-state index contributed by atoms with van der Waals surface area (Å²) in [6.07, 6.45) is 3.73. The molecule has 32 heavy (non-hydrogen) atoms. The normalized spacial score (nSPS) is 22.2. The van der Waals surface area contributed by atoms with Gasteiger partial charge in [0.15, 0.2) is 0 Å². The summed E-state index contributed by atoms with van der Waals surface area (Å²) in [7, 11) is 1.69. The molecule has 0 bridgehead atoms. The molecule has 1 spiro atoms. The number of amides is 1. The van der Waals surface area contributed by atoms with E-state index < -0.39 is 0 Å². The van der Waals surface area contributed by atoms with E-state index in [1.165, 1.54) is 11.1 Å². The fourth-order valence-corrected chi connectivity index (χ4v) is 5.23. The summed E-state index contributed by atoms with van der Waals surface area (Å²) in [5.41, 5.74) is 3.51. The number of nitrogens with one attached hydrogen (secondary N) is 1. The van der Waals surface area contributed by atoms with Crippen molar-refractivity contribution >= 4 is 5.91 Å². The molecule has 1 aromatic carbocycles. The van der Waals surface area contributed by atoms with Crippen LogP contribution < -0.4 is 5.32 Å². The molecule has 0 saturated carbocycles. The smallest absolute Gasteiger partial charge is 0.223 e. The Morgan fingerprint density at radius 3 is 2.59 bits per heavy atom. The van der Waals surface area contributed by atoms with Gasteiger partial charge in [-0.05, 0) is 49.2 Å². The molecule has 1 aliphatic carbocycles. The Morgan fingerprint density at radius 1 is 1.16 bits per heavy atom. The number of methoxy groups -OCH3 is 1. The van der Waals surface area contributed by atoms with Gasteiger partial charge >= 0.3 is 0 Å². The van der Waals surface area contributed by atoms with Crippen LogP contribution in [0.1, 0.15) is 49.6 Å². The zero-order chi connectivity index (χ0) is 22.6. The Morgan fingerprint density at radius 2 is 1.91 bits per heavy atom. The average molecular weight is 438 g/mol. The van der Waals surface area contributed by atoms with Crippen molar-refractivity contribution in [3.05, 3.63) is 65.5 Å². The van der Waals surface area contributed by atoms with Gasteiger partial charge in [0.2, 0.25) is 5.91 Å². The third-order valence-corrected chi connectivity index (χ3v) is 6.95. The van der Waals surface area contributed by atoms with E-state index in [1.807, 2.05) is 32.2 Å². The maximum Gasteiger partial charge on any atom is 0.223 e. The highest BCUT2D eigenvalue weighted by Crippen LogP contribution is 2.52. The van der Waals surface area contributed by atoms with Crippen LogP contribution in [0.4, 0.5) is 0 Å². The van der Waals surface area contributed by atoms with Crippen LogP contribution in [0.25, 0.3) is 0 Å². The Labute approximate surface area is 191 Å². The van der Waals surface area contributed by atoms with Gasteiger partial charge < -0.3 is 14.8 Å². The number of carbonyl (C=O) groups is 1. The van der Waals surface area contributed by atoms with Crippen LogP contribution in [0.3, 0.4) is 0 Å². The van der Waals surface area contributed by atoms with E-state index in [0.29, 0.717) is 13.2 Å². The van der Waals surface area contributed by atoms with Crippen molar-refractivity contribution in [1.82, 2.24) is 15.2 Å². The van der Waals surface area contributed by atoms with Gasteiger partial charge in [0.05, 0.1) is 31.1 Å². The van der Waals surface area contributed by atoms with Crippen molar-refractivity contribution in [2.24, 2.45) is 5.92 Å². The van der Waals surface area contributed by atoms with Gasteiger partial charge in [0, 0.05) is 31.2 Å². The lowest BCUT2D eigenvalue weighted by atomic mass is 9.71. The predicted molar refractivity (Wildman–Crippen MR) is 124 cm³/mol. The number of fused-ring (bicyclic) bond motifs is 2. The van der Waals surface area contributed by atoms with E-state index in [1.54, 1.807) is 7.11 Å². The van der Waals surface area contributed by atoms with E-state index in [2.05, 4.69) is 45.5 Å². The maximum atomic E-state index is 12.7. The van der Waals surface area contributed by atoms with Crippen molar-refractivity contribution in [2.45, 2.75) is 50.8 Å². The first-order chi connectivity index (χ1) is 15.5. The quantitative estimate of drug-likeness (QED) is 0.641. The molecule has 0 radical (unpaired) electrons. The molecule has 1 amide bonds. The standard InChI is InChI=1S/C26H35N3O3/c1-19(2)25(30)28-23-21-9-4-5-10-22(21)26(24(23)32-17-16-31-3)11-14-29(15-12-26)18-20-8-6-7-13-27-20/h4-10,13,19,23-24H,11-12,14-18H2,1-3H3,(H,28,30)/t23-,24+/m0/s1. The molecule has 6 heteroatoms. The molecule has 0 unspecified atom stereocenters. The van der Waals surface area contributed by atoms with Gasteiger partial charge in [-0.25, -0.2) is 0 Å². The number of hydrogen-bond donors (Lipinski definition) is 1. The molecule has 1 aromatic heterocycles. The summed E-state index contributed by atoms with van der Waals surface area (Å²) in [6.45, 7) is 7.73. The SMILES string of the molecule is COCCO[C@@H]1[C@@H](NC(=O)C(C)C)c2ccccc2C12CCN(Cc1ccccn1)CC2. The number of rotatable bonds is 8. The number of hydrogen-bond acceptors (Lipinski definition) is 5. The second kappa shape index (κ2) is 10.1. The van der Waals surface area contributed by atoms with Gasteiger partial charge in [0.1, 0.15) is 0 Å². The van der Waals surface area contributed by atoms with Crippen molar-refractivity contribution < 1.29 is 14.3 Å². The first-order valence-corrected chi connectivity index (χ1v) is 11.7. The lowest BCUT2D eigenvalue weighted by Crippen LogP contribution is -2.51. The van der Waals surface area contributed by atoms with Gasteiger partial charge in [-0.15, -0.1) is 0 Å². The molecule has 2 aromatic rings. The molecular formula is C26H35N3O3. The molecule has 1 aliphatic heterocycles. The van der Waals surface area contributed by atoms with E-state index >= 15 is 0 Å².